The summed E-state index contributed by atoms with van der Waals surface area (Å²) in [6.07, 6.45) is 0.211. The van der Waals surface area contributed by atoms with Gasteiger partial charge in [0.05, 0.1) is 13.0 Å². The first-order valence-electron chi connectivity index (χ1n) is 10.1. The molecule has 1 unspecified atom stereocenters. The number of nitrogens with zero attached hydrogens (tertiary/aromatic N) is 3. The molecule has 1 saturated heterocycles. The molecule has 0 radical (unpaired) electrons. The Labute approximate surface area is 176 Å². The maximum atomic E-state index is 12.5. The summed E-state index contributed by atoms with van der Waals surface area (Å²) in [5, 5.41) is 9.25. The molecule has 1 aliphatic rings. The molecule has 9 heteroatoms. The van der Waals surface area contributed by atoms with Gasteiger partial charge in [0.25, 0.3) is 0 Å². The number of aryl methyl sites for hydroxylation is 1. The van der Waals surface area contributed by atoms with Gasteiger partial charge in [0.1, 0.15) is 23.2 Å². The second-order valence-corrected chi connectivity index (χ2v) is 7.04. The monoisotopic (exact) mass is 412 g/mol. The molecule has 3 N–H and O–H groups in total. The molecule has 2 heterocycles. The van der Waals surface area contributed by atoms with Gasteiger partial charge >= 0.3 is 0 Å². The van der Waals surface area contributed by atoms with Crippen molar-refractivity contribution in [2.24, 2.45) is 5.92 Å². The number of carbonyl (C=O) groups is 2. The highest BCUT2D eigenvalue weighted by molar-refractivity contribution is 6.00. The largest absolute Gasteiger partial charge is 0.497 e. The summed E-state index contributed by atoms with van der Waals surface area (Å²) in [6, 6.07) is 9.09. The molecular formula is C21H28N6O3. The number of nitrogens with one attached hydrogen (secondary N) is 3. The number of hydrogen-bond acceptors (Lipinski definition) is 7. The fraction of sp³-hybridized carbons (Fsp3) is 0.429. The van der Waals surface area contributed by atoms with Crippen molar-refractivity contribution in [1.29, 1.82) is 0 Å². The van der Waals surface area contributed by atoms with Gasteiger partial charge in [-0.05, 0) is 38.1 Å². The minimum absolute atomic E-state index is 0.0501. The zero-order valence-electron chi connectivity index (χ0n) is 17.6. The number of aromatic nitrogens is 2. The Bertz CT molecular complexity index is 887. The molecule has 3 rings (SSSR count). The molecule has 0 aliphatic carbocycles. The van der Waals surface area contributed by atoms with Crippen LogP contribution in [0.1, 0.15) is 19.2 Å². The maximum Gasteiger partial charge on any atom is 0.227 e. The second-order valence-electron chi connectivity index (χ2n) is 7.04. The lowest BCUT2D eigenvalue weighted by molar-refractivity contribution is -0.126. The zero-order chi connectivity index (χ0) is 21.5. The summed E-state index contributed by atoms with van der Waals surface area (Å²) in [5.41, 5.74) is 0.772. The lowest BCUT2D eigenvalue weighted by Crippen LogP contribution is -2.35. The third-order valence-corrected chi connectivity index (χ3v) is 4.81. The molecule has 1 atom stereocenters. The smallest absolute Gasteiger partial charge is 0.227 e. The molecule has 2 amide bonds. The molecule has 2 aromatic rings. The lowest BCUT2D eigenvalue weighted by atomic mass is 10.1. The summed E-state index contributed by atoms with van der Waals surface area (Å²) in [5.74, 6) is 2.33. The fourth-order valence-corrected chi connectivity index (χ4v) is 3.35. The van der Waals surface area contributed by atoms with Crippen molar-refractivity contribution in [2.75, 3.05) is 48.8 Å². The van der Waals surface area contributed by atoms with E-state index in [1.807, 2.05) is 32.0 Å². The quantitative estimate of drug-likeness (QED) is 0.539. The lowest BCUT2D eigenvalue weighted by Gasteiger charge is -2.17. The number of amides is 2. The van der Waals surface area contributed by atoms with Crippen LogP contribution in [-0.4, -0.2) is 55.1 Å². The number of anilines is 3. The molecular weight excluding hydrogens is 384 g/mol. The highest BCUT2D eigenvalue weighted by Gasteiger charge is 2.34. The first kappa shape index (κ1) is 21.4. The summed E-state index contributed by atoms with van der Waals surface area (Å²) >= 11 is 0. The Morgan fingerprint density at radius 1 is 1.17 bits per heavy atom. The van der Waals surface area contributed by atoms with Gasteiger partial charge in [0.15, 0.2) is 0 Å². The summed E-state index contributed by atoms with van der Waals surface area (Å²) in [4.78, 5) is 35.2. The minimum atomic E-state index is -0.360. The highest BCUT2D eigenvalue weighted by Crippen LogP contribution is 2.26. The summed E-state index contributed by atoms with van der Waals surface area (Å²) in [7, 11) is 1.60. The minimum Gasteiger partial charge on any atom is -0.497 e. The molecule has 1 aromatic heterocycles. The second kappa shape index (κ2) is 9.91. The number of methoxy groups -OCH3 is 1. The van der Waals surface area contributed by atoms with Crippen LogP contribution in [0.4, 0.5) is 17.3 Å². The Morgan fingerprint density at radius 3 is 2.53 bits per heavy atom. The Kier molecular flexibility index (Phi) is 7.05. The number of carbonyl (C=O) groups excluding carboxylic acids is 2. The van der Waals surface area contributed by atoms with E-state index in [1.54, 1.807) is 24.1 Å². The van der Waals surface area contributed by atoms with E-state index in [2.05, 4.69) is 25.9 Å². The van der Waals surface area contributed by atoms with Crippen LogP contribution in [0, 0.1) is 12.8 Å². The van der Waals surface area contributed by atoms with Crippen LogP contribution in [0.15, 0.2) is 30.3 Å². The average Bonchev–Trinajstić information content (AvgIpc) is 3.13. The average molecular weight is 412 g/mol. The molecule has 1 fully saturated rings. The van der Waals surface area contributed by atoms with Crippen LogP contribution < -0.4 is 25.6 Å². The van der Waals surface area contributed by atoms with E-state index in [4.69, 9.17) is 4.74 Å². The van der Waals surface area contributed by atoms with Crippen LogP contribution >= 0.6 is 0 Å². The predicted molar refractivity (Wildman–Crippen MR) is 116 cm³/mol. The van der Waals surface area contributed by atoms with Gasteiger partial charge in [-0.2, -0.15) is 0 Å². The molecule has 9 nitrogen and oxygen atoms in total. The Balaban J connectivity index is 1.47. The van der Waals surface area contributed by atoms with E-state index in [1.165, 1.54) is 0 Å². The van der Waals surface area contributed by atoms with Gasteiger partial charge in [0, 0.05) is 44.4 Å². The molecule has 0 bridgehead atoms. The van der Waals surface area contributed by atoms with Crippen LogP contribution in [0.25, 0.3) is 0 Å². The SMILES string of the molecule is CCNc1cc(NCCNC(=O)C2CC(=O)N(c3ccc(OC)cc3)C2)nc(C)n1. The van der Waals surface area contributed by atoms with E-state index in [0.29, 0.717) is 31.3 Å². The topological polar surface area (TPSA) is 108 Å². The highest BCUT2D eigenvalue weighted by atomic mass is 16.5. The third-order valence-electron chi connectivity index (χ3n) is 4.81. The van der Waals surface area contributed by atoms with Crippen molar-refractivity contribution in [3.05, 3.63) is 36.2 Å². The Morgan fingerprint density at radius 2 is 1.87 bits per heavy atom. The first-order valence-corrected chi connectivity index (χ1v) is 10.1. The van der Waals surface area contributed by atoms with E-state index in [9.17, 15) is 9.59 Å². The van der Waals surface area contributed by atoms with Crippen molar-refractivity contribution in [1.82, 2.24) is 15.3 Å². The van der Waals surface area contributed by atoms with Gasteiger partial charge in [-0.25, -0.2) is 9.97 Å². The summed E-state index contributed by atoms with van der Waals surface area (Å²) in [6.45, 7) is 5.95. The van der Waals surface area contributed by atoms with Crippen molar-refractivity contribution >= 4 is 29.1 Å². The standard InChI is InChI=1S/C21H28N6O3/c1-4-22-18-12-19(26-14(2)25-18)23-9-10-24-21(29)15-11-20(28)27(13-15)16-5-7-17(30-3)8-6-16/h5-8,12,15H,4,9-11,13H2,1-3H3,(H,24,29)(H2,22,23,25,26). The van der Waals surface area contributed by atoms with E-state index in [-0.39, 0.29) is 24.2 Å². The van der Waals surface area contributed by atoms with Gasteiger partial charge in [-0.1, -0.05) is 0 Å². The van der Waals surface area contributed by atoms with Crippen LogP contribution in [0.2, 0.25) is 0 Å². The molecule has 30 heavy (non-hydrogen) atoms. The van der Waals surface area contributed by atoms with Crippen LogP contribution in [0.3, 0.4) is 0 Å². The van der Waals surface area contributed by atoms with Crippen molar-refractivity contribution in [2.45, 2.75) is 20.3 Å². The number of hydrogen-bond donors (Lipinski definition) is 3. The van der Waals surface area contributed by atoms with Crippen molar-refractivity contribution in [3.8, 4) is 5.75 Å². The van der Waals surface area contributed by atoms with Crippen LogP contribution in [-0.2, 0) is 9.59 Å². The molecule has 0 saturated carbocycles. The summed E-state index contributed by atoms with van der Waals surface area (Å²) < 4.78 is 5.15. The molecule has 0 spiro atoms. The van der Waals surface area contributed by atoms with E-state index < -0.39 is 0 Å². The molecule has 160 valence electrons. The van der Waals surface area contributed by atoms with Gasteiger partial charge in [0.2, 0.25) is 11.8 Å². The van der Waals surface area contributed by atoms with Gasteiger partial charge < -0.3 is 25.6 Å². The Hall–Kier alpha value is -3.36. The van der Waals surface area contributed by atoms with Crippen molar-refractivity contribution in [3.63, 3.8) is 0 Å². The van der Waals surface area contributed by atoms with Crippen molar-refractivity contribution < 1.29 is 14.3 Å². The van der Waals surface area contributed by atoms with Gasteiger partial charge in [-0.15, -0.1) is 0 Å². The van der Waals surface area contributed by atoms with Crippen LogP contribution in [0.5, 0.6) is 5.75 Å². The van der Waals surface area contributed by atoms with E-state index >= 15 is 0 Å². The molecule has 1 aliphatic heterocycles. The molecule has 1 aromatic carbocycles. The number of rotatable bonds is 9. The maximum absolute atomic E-state index is 12.5. The fourth-order valence-electron chi connectivity index (χ4n) is 3.35. The van der Waals surface area contributed by atoms with Gasteiger partial charge in [-0.3, -0.25) is 9.59 Å². The number of benzene rings is 1. The normalized spacial score (nSPS) is 15.8. The number of ether oxygens (including phenoxy) is 1. The third kappa shape index (κ3) is 5.37. The zero-order valence-corrected chi connectivity index (χ0v) is 17.6. The van der Waals surface area contributed by atoms with E-state index in [0.717, 1.165) is 23.8 Å². The predicted octanol–water partition coefficient (Wildman–Crippen LogP) is 1.81. The first-order chi connectivity index (χ1) is 14.5.